The van der Waals surface area contributed by atoms with Crippen molar-refractivity contribution in [3.8, 4) is 28.3 Å². The Kier molecular flexibility index (Phi) is 6.52. The fourth-order valence-corrected chi connectivity index (χ4v) is 4.77. The predicted molar refractivity (Wildman–Crippen MR) is 136 cm³/mol. The van der Waals surface area contributed by atoms with Crippen LogP contribution in [0.4, 0.5) is 10.1 Å². The smallest absolute Gasteiger partial charge is 0.193 e. The van der Waals surface area contributed by atoms with Crippen LogP contribution in [0.2, 0.25) is 0 Å². The highest BCUT2D eigenvalue weighted by atomic mass is 32.2. The van der Waals surface area contributed by atoms with Gasteiger partial charge in [0.2, 0.25) is 0 Å². The van der Waals surface area contributed by atoms with E-state index in [9.17, 15) is 18.8 Å². The molecule has 0 amide bonds. The van der Waals surface area contributed by atoms with Gasteiger partial charge in [-0.25, -0.2) is 13.6 Å². The van der Waals surface area contributed by atoms with E-state index in [-0.39, 0.29) is 18.9 Å². The molecule has 36 heavy (non-hydrogen) atoms. The van der Waals surface area contributed by atoms with Crippen molar-refractivity contribution in [2.24, 2.45) is 4.36 Å². The quantitative estimate of drug-likeness (QED) is 0.362. The lowest BCUT2D eigenvalue weighted by atomic mass is 10.0. The standard InChI is InChI=1S/C26H26FN3O5S/c1-36(2,33)30-18-9-7-16(8-10-18)15-3-5-17(6-4-15)25-19(27)11-20-21(29-25)12-24(28-20)35-23-14-34-22(13-31)26(23)32/h3-12,22-23,26,28,31-32H,13-14H2,1-2H3/t22-,23-,26-/m1/s1. The summed E-state index contributed by atoms with van der Waals surface area (Å²) in [7, 11) is -2.22. The molecule has 8 nitrogen and oxygen atoms in total. The third kappa shape index (κ3) is 5.12. The summed E-state index contributed by atoms with van der Waals surface area (Å²) in [6.07, 6.45) is 0.873. The van der Waals surface area contributed by atoms with Crippen molar-refractivity contribution < 1.29 is 28.3 Å². The van der Waals surface area contributed by atoms with Gasteiger partial charge in [-0.05, 0) is 23.3 Å². The van der Waals surface area contributed by atoms with Crippen LogP contribution in [0.1, 0.15) is 0 Å². The topological polar surface area (TPSA) is 117 Å². The molecular weight excluding hydrogens is 485 g/mol. The largest absolute Gasteiger partial charge is 0.470 e. The summed E-state index contributed by atoms with van der Waals surface area (Å²) >= 11 is 0. The first kappa shape index (κ1) is 24.4. The molecule has 3 atom stereocenters. The molecule has 1 aliphatic rings. The second-order valence-corrected chi connectivity index (χ2v) is 11.5. The molecule has 0 unspecified atom stereocenters. The van der Waals surface area contributed by atoms with E-state index in [1.54, 1.807) is 30.7 Å². The number of fused-ring (bicyclic) bond motifs is 1. The van der Waals surface area contributed by atoms with Crippen molar-refractivity contribution in [2.45, 2.75) is 18.3 Å². The van der Waals surface area contributed by atoms with Gasteiger partial charge in [0.15, 0.2) is 17.8 Å². The Morgan fingerprint density at radius 3 is 2.36 bits per heavy atom. The van der Waals surface area contributed by atoms with Crippen molar-refractivity contribution in [1.29, 1.82) is 0 Å². The Balaban J connectivity index is 1.36. The zero-order chi connectivity index (χ0) is 25.4. The number of nitrogens with one attached hydrogen (secondary N) is 1. The zero-order valence-electron chi connectivity index (χ0n) is 19.7. The van der Waals surface area contributed by atoms with Crippen molar-refractivity contribution >= 4 is 26.4 Å². The van der Waals surface area contributed by atoms with E-state index in [2.05, 4.69) is 14.3 Å². The minimum atomic E-state index is -2.22. The average Bonchev–Trinajstić information content (AvgIpc) is 3.40. The minimum Gasteiger partial charge on any atom is -0.470 e. The number of aliphatic hydroxyl groups is 2. The lowest BCUT2D eigenvalue weighted by Gasteiger charge is -2.16. The molecule has 0 aliphatic carbocycles. The van der Waals surface area contributed by atoms with E-state index in [0.29, 0.717) is 28.2 Å². The van der Waals surface area contributed by atoms with Crippen molar-refractivity contribution in [3.05, 3.63) is 66.5 Å². The summed E-state index contributed by atoms with van der Waals surface area (Å²) in [5.74, 6) is -0.158. The van der Waals surface area contributed by atoms with Gasteiger partial charge in [-0.2, -0.15) is 4.36 Å². The molecule has 1 fully saturated rings. The molecule has 1 saturated heterocycles. The molecule has 4 aromatic rings. The fourth-order valence-electron chi connectivity index (χ4n) is 4.14. The highest BCUT2D eigenvalue weighted by Gasteiger charge is 2.37. The van der Waals surface area contributed by atoms with Gasteiger partial charge < -0.3 is 24.7 Å². The van der Waals surface area contributed by atoms with Gasteiger partial charge in [0.1, 0.15) is 17.9 Å². The molecule has 2 aromatic heterocycles. The summed E-state index contributed by atoms with van der Waals surface area (Å²) in [6, 6.07) is 17.8. The number of aliphatic hydroxyl groups excluding tert-OH is 2. The lowest BCUT2D eigenvalue weighted by Crippen LogP contribution is -2.35. The SMILES string of the molecule is CS(C)(=O)=Nc1ccc(-c2ccc(-c3nc4cc(O[C@@H]5CO[C@H](CO)[C@H]5O)[nH]c4cc3F)cc2)cc1. The molecule has 3 heterocycles. The summed E-state index contributed by atoms with van der Waals surface area (Å²) in [6.45, 7) is -0.166. The first-order chi connectivity index (χ1) is 17.2. The van der Waals surface area contributed by atoms with Crippen molar-refractivity contribution in [1.82, 2.24) is 9.97 Å². The minimum absolute atomic E-state index is 0.135. The number of benzene rings is 2. The maximum Gasteiger partial charge on any atom is 0.193 e. The number of aromatic amines is 1. The molecule has 188 valence electrons. The zero-order valence-corrected chi connectivity index (χ0v) is 20.5. The summed E-state index contributed by atoms with van der Waals surface area (Å²) in [5, 5.41) is 19.4. The van der Waals surface area contributed by atoms with Crippen LogP contribution in [0, 0.1) is 5.82 Å². The van der Waals surface area contributed by atoms with Crippen LogP contribution in [0.25, 0.3) is 33.4 Å². The van der Waals surface area contributed by atoms with Crippen molar-refractivity contribution in [2.75, 3.05) is 25.7 Å². The maximum absolute atomic E-state index is 14.9. The van der Waals surface area contributed by atoms with Gasteiger partial charge >= 0.3 is 0 Å². The normalized spacial score (nSPS) is 20.1. The number of nitrogens with zero attached hydrogens (tertiary/aromatic N) is 2. The van der Waals surface area contributed by atoms with Crippen LogP contribution < -0.4 is 4.74 Å². The second kappa shape index (κ2) is 9.62. The Hall–Kier alpha value is -3.31. The molecule has 0 saturated carbocycles. The van der Waals surface area contributed by atoms with Crippen LogP contribution in [0.15, 0.2) is 65.0 Å². The maximum atomic E-state index is 14.9. The van der Waals surface area contributed by atoms with E-state index < -0.39 is 33.9 Å². The fraction of sp³-hybridized carbons (Fsp3) is 0.269. The third-order valence-electron chi connectivity index (χ3n) is 5.91. The van der Waals surface area contributed by atoms with Crippen LogP contribution in [0.5, 0.6) is 5.88 Å². The van der Waals surface area contributed by atoms with E-state index in [4.69, 9.17) is 9.47 Å². The Morgan fingerprint density at radius 1 is 1.11 bits per heavy atom. The van der Waals surface area contributed by atoms with E-state index in [1.165, 1.54) is 6.07 Å². The number of hydrogen-bond acceptors (Lipinski definition) is 7. The van der Waals surface area contributed by atoms with Gasteiger partial charge in [0, 0.05) is 39.9 Å². The number of pyridine rings is 1. The van der Waals surface area contributed by atoms with E-state index in [0.717, 1.165) is 11.1 Å². The number of H-pyrrole nitrogens is 1. The van der Waals surface area contributed by atoms with Crippen LogP contribution in [0.3, 0.4) is 0 Å². The summed E-state index contributed by atoms with van der Waals surface area (Å²) < 4.78 is 42.1. The first-order valence-electron chi connectivity index (χ1n) is 11.3. The van der Waals surface area contributed by atoms with Gasteiger partial charge in [-0.3, -0.25) is 0 Å². The Morgan fingerprint density at radius 2 is 1.75 bits per heavy atom. The number of rotatable bonds is 6. The Labute approximate surface area is 207 Å². The molecule has 5 rings (SSSR count). The molecule has 10 heteroatoms. The first-order valence-corrected chi connectivity index (χ1v) is 13.7. The second-order valence-electron chi connectivity index (χ2n) is 8.98. The number of halogens is 1. The summed E-state index contributed by atoms with van der Waals surface area (Å²) in [5.41, 5.74) is 4.36. The number of aromatic nitrogens is 2. The molecule has 2 aromatic carbocycles. The van der Waals surface area contributed by atoms with Crippen LogP contribution in [-0.4, -0.2) is 68.4 Å². The summed E-state index contributed by atoms with van der Waals surface area (Å²) in [4.78, 5) is 7.44. The van der Waals surface area contributed by atoms with Crippen LogP contribution >= 0.6 is 0 Å². The molecular formula is C26H26FN3O5S. The monoisotopic (exact) mass is 511 g/mol. The molecule has 0 bridgehead atoms. The molecule has 0 radical (unpaired) electrons. The molecule has 1 aliphatic heterocycles. The van der Waals surface area contributed by atoms with Crippen molar-refractivity contribution in [3.63, 3.8) is 0 Å². The van der Waals surface area contributed by atoms with Gasteiger partial charge in [-0.15, -0.1) is 0 Å². The number of ether oxygens (including phenoxy) is 2. The Bertz CT molecular complexity index is 1500. The molecule has 3 N–H and O–H groups in total. The van der Waals surface area contributed by atoms with Gasteiger partial charge in [0.25, 0.3) is 0 Å². The van der Waals surface area contributed by atoms with Gasteiger partial charge in [-0.1, -0.05) is 36.4 Å². The third-order valence-corrected chi connectivity index (χ3v) is 6.56. The highest BCUT2D eigenvalue weighted by molar-refractivity contribution is 7.92. The number of hydrogen-bond donors (Lipinski definition) is 3. The highest BCUT2D eigenvalue weighted by Crippen LogP contribution is 2.30. The van der Waals surface area contributed by atoms with E-state index >= 15 is 0 Å². The lowest BCUT2D eigenvalue weighted by molar-refractivity contribution is -0.00355. The van der Waals surface area contributed by atoms with E-state index in [1.807, 2.05) is 36.4 Å². The van der Waals surface area contributed by atoms with Crippen LogP contribution in [-0.2, 0) is 14.5 Å². The van der Waals surface area contributed by atoms with Gasteiger partial charge in [0.05, 0.1) is 29.9 Å². The average molecular weight is 512 g/mol. The molecule has 0 spiro atoms. The predicted octanol–water partition coefficient (Wildman–Crippen LogP) is 3.89.